The van der Waals surface area contributed by atoms with Crippen molar-refractivity contribution in [1.29, 1.82) is 0 Å². The molecule has 0 spiro atoms. The van der Waals surface area contributed by atoms with Crippen LogP contribution in [-0.2, 0) is 0 Å². The van der Waals surface area contributed by atoms with Crippen molar-refractivity contribution in [3.63, 3.8) is 0 Å². The van der Waals surface area contributed by atoms with E-state index >= 15 is 0 Å². The number of benzene rings is 1. The first-order chi connectivity index (χ1) is 5.83. The summed E-state index contributed by atoms with van der Waals surface area (Å²) < 4.78 is 5.43. The van der Waals surface area contributed by atoms with Crippen molar-refractivity contribution >= 4 is 0 Å². The Morgan fingerprint density at radius 3 is 2.58 bits per heavy atom. The molecule has 1 rings (SSSR count). The molecule has 2 nitrogen and oxygen atoms in total. The Bertz CT molecular complexity index is 210. The summed E-state index contributed by atoms with van der Waals surface area (Å²) in [4.78, 5) is 0. The molecule has 2 N–H and O–H groups in total. The van der Waals surface area contributed by atoms with Gasteiger partial charge in [0.1, 0.15) is 12.4 Å². The van der Waals surface area contributed by atoms with Crippen LogP contribution in [0.3, 0.4) is 0 Å². The molecule has 0 amide bonds. The highest BCUT2D eigenvalue weighted by molar-refractivity contribution is 5.20. The molecule has 2 heteroatoms. The molecule has 0 aliphatic rings. The van der Waals surface area contributed by atoms with Gasteiger partial charge in [-0.2, -0.15) is 0 Å². The number of para-hydroxylation sites is 1. The Morgan fingerprint density at radius 1 is 1.33 bits per heavy atom. The van der Waals surface area contributed by atoms with E-state index < -0.39 is 0 Å². The van der Waals surface area contributed by atoms with Crippen LogP contribution in [0.1, 0.15) is 13.3 Å². The van der Waals surface area contributed by atoms with Crippen molar-refractivity contribution in [3.8, 4) is 5.75 Å². The zero-order valence-corrected chi connectivity index (χ0v) is 7.36. The van der Waals surface area contributed by atoms with Crippen molar-refractivity contribution in [2.24, 2.45) is 5.73 Å². The van der Waals surface area contributed by atoms with Gasteiger partial charge >= 0.3 is 0 Å². The summed E-state index contributed by atoms with van der Waals surface area (Å²) in [5, 5.41) is 0. The largest absolute Gasteiger partial charge is 0.492 e. The van der Waals surface area contributed by atoms with E-state index in [2.05, 4.69) is 6.92 Å². The summed E-state index contributed by atoms with van der Waals surface area (Å²) in [5.41, 5.74) is 5.70. The SMILES string of the molecule is CC[C@@H](N)COc1ccccc1. The number of nitrogens with two attached hydrogens (primary N) is 1. The van der Waals surface area contributed by atoms with Crippen LogP contribution in [0.4, 0.5) is 0 Å². The van der Waals surface area contributed by atoms with E-state index in [1.54, 1.807) is 0 Å². The highest BCUT2D eigenvalue weighted by Crippen LogP contribution is 2.08. The molecule has 0 aliphatic heterocycles. The lowest BCUT2D eigenvalue weighted by Crippen LogP contribution is -2.26. The molecule has 0 bridgehead atoms. The molecule has 0 saturated carbocycles. The third-order valence-electron chi connectivity index (χ3n) is 1.73. The molecule has 0 unspecified atom stereocenters. The number of rotatable bonds is 4. The van der Waals surface area contributed by atoms with Crippen molar-refractivity contribution in [3.05, 3.63) is 30.3 Å². The van der Waals surface area contributed by atoms with Gasteiger partial charge in [-0.15, -0.1) is 0 Å². The van der Waals surface area contributed by atoms with Gasteiger partial charge in [-0.25, -0.2) is 0 Å². The summed E-state index contributed by atoms with van der Waals surface area (Å²) >= 11 is 0. The van der Waals surface area contributed by atoms with Gasteiger partial charge < -0.3 is 10.5 Å². The predicted octanol–water partition coefficient (Wildman–Crippen LogP) is 1.80. The fourth-order valence-electron chi connectivity index (χ4n) is 0.838. The zero-order chi connectivity index (χ0) is 8.81. The summed E-state index contributed by atoms with van der Waals surface area (Å²) in [6, 6.07) is 9.88. The minimum absolute atomic E-state index is 0.144. The molecule has 0 radical (unpaired) electrons. The lowest BCUT2D eigenvalue weighted by Gasteiger charge is -2.10. The van der Waals surface area contributed by atoms with E-state index in [0.717, 1.165) is 12.2 Å². The average molecular weight is 165 g/mol. The first-order valence-corrected chi connectivity index (χ1v) is 4.26. The minimum Gasteiger partial charge on any atom is -0.492 e. The van der Waals surface area contributed by atoms with Gasteiger partial charge in [-0.05, 0) is 18.6 Å². The Balaban J connectivity index is 2.33. The predicted molar refractivity (Wildman–Crippen MR) is 50.2 cm³/mol. The molecule has 12 heavy (non-hydrogen) atoms. The average Bonchev–Trinajstić information content (AvgIpc) is 2.16. The molecule has 0 aliphatic carbocycles. The summed E-state index contributed by atoms with van der Waals surface area (Å²) in [7, 11) is 0. The van der Waals surface area contributed by atoms with Crippen LogP contribution in [-0.4, -0.2) is 12.6 Å². The van der Waals surface area contributed by atoms with Crippen LogP contribution >= 0.6 is 0 Å². The molecular formula is C10H15NO. The monoisotopic (exact) mass is 165 g/mol. The second-order valence-corrected chi connectivity index (χ2v) is 2.79. The van der Waals surface area contributed by atoms with Crippen LogP contribution in [0.15, 0.2) is 30.3 Å². The Morgan fingerprint density at radius 2 is 2.00 bits per heavy atom. The maximum atomic E-state index is 5.70. The summed E-state index contributed by atoms with van der Waals surface area (Å²) in [6.07, 6.45) is 0.951. The molecule has 66 valence electrons. The quantitative estimate of drug-likeness (QED) is 0.738. The number of hydrogen-bond donors (Lipinski definition) is 1. The van der Waals surface area contributed by atoms with E-state index in [1.165, 1.54) is 0 Å². The van der Waals surface area contributed by atoms with Gasteiger partial charge in [-0.1, -0.05) is 25.1 Å². The molecule has 0 aromatic heterocycles. The van der Waals surface area contributed by atoms with Gasteiger partial charge in [-0.3, -0.25) is 0 Å². The molecule has 0 saturated heterocycles. The van der Waals surface area contributed by atoms with Crippen LogP contribution in [0.2, 0.25) is 0 Å². The topological polar surface area (TPSA) is 35.2 Å². The van der Waals surface area contributed by atoms with Gasteiger partial charge in [0.15, 0.2) is 0 Å². The van der Waals surface area contributed by atoms with Gasteiger partial charge in [0.2, 0.25) is 0 Å². The van der Waals surface area contributed by atoms with Gasteiger partial charge in [0.25, 0.3) is 0 Å². The third kappa shape index (κ3) is 2.93. The molecule has 1 aromatic carbocycles. The Kier molecular flexibility index (Phi) is 3.61. The summed E-state index contributed by atoms with van der Waals surface area (Å²) in [6.45, 7) is 2.65. The second-order valence-electron chi connectivity index (χ2n) is 2.79. The zero-order valence-electron chi connectivity index (χ0n) is 7.36. The van der Waals surface area contributed by atoms with Crippen molar-refractivity contribution in [2.45, 2.75) is 19.4 Å². The van der Waals surface area contributed by atoms with E-state index in [-0.39, 0.29) is 6.04 Å². The normalized spacial score (nSPS) is 12.5. The Labute approximate surface area is 73.3 Å². The van der Waals surface area contributed by atoms with Crippen molar-refractivity contribution in [1.82, 2.24) is 0 Å². The van der Waals surface area contributed by atoms with E-state index in [9.17, 15) is 0 Å². The molecule has 1 atom stereocenters. The minimum atomic E-state index is 0.144. The lowest BCUT2D eigenvalue weighted by atomic mass is 10.2. The standard InChI is InChI=1S/C10H15NO/c1-2-9(11)8-12-10-6-4-3-5-7-10/h3-7,9H,2,8,11H2,1H3/t9-/m1/s1. The highest BCUT2D eigenvalue weighted by atomic mass is 16.5. The number of ether oxygens (including phenoxy) is 1. The second kappa shape index (κ2) is 4.78. The fraction of sp³-hybridized carbons (Fsp3) is 0.400. The molecular weight excluding hydrogens is 150 g/mol. The van der Waals surface area contributed by atoms with E-state index in [1.807, 2.05) is 30.3 Å². The Hall–Kier alpha value is -1.02. The lowest BCUT2D eigenvalue weighted by molar-refractivity contribution is 0.285. The molecule has 0 fully saturated rings. The molecule has 1 aromatic rings. The smallest absolute Gasteiger partial charge is 0.119 e. The first kappa shape index (κ1) is 9.07. The van der Waals surface area contributed by atoms with Crippen LogP contribution in [0, 0.1) is 0 Å². The maximum absolute atomic E-state index is 5.70. The summed E-state index contributed by atoms with van der Waals surface area (Å²) in [5.74, 6) is 0.890. The van der Waals surface area contributed by atoms with E-state index in [0.29, 0.717) is 6.61 Å². The van der Waals surface area contributed by atoms with Crippen molar-refractivity contribution in [2.75, 3.05) is 6.61 Å². The van der Waals surface area contributed by atoms with E-state index in [4.69, 9.17) is 10.5 Å². The maximum Gasteiger partial charge on any atom is 0.119 e. The van der Waals surface area contributed by atoms with Crippen molar-refractivity contribution < 1.29 is 4.74 Å². The molecule has 0 heterocycles. The van der Waals surface area contributed by atoms with Crippen LogP contribution in [0.5, 0.6) is 5.75 Å². The highest BCUT2D eigenvalue weighted by Gasteiger charge is 1.98. The fourth-order valence-corrected chi connectivity index (χ4v) is 0.838. The first-order valence-electron chi connectivity index (χ1n) is 4.26. The number of hydrogen-bond acceptors (Lipinski definition) is 2. The van der Waals surface area contributed by atoms with Crippen LogP contribution in [0.25, 0.3) is 0 Å². The van der Waals surface area contributed by atoms with Gasteiger partial charge in [0, 0.05) is 6.04 Å². The van der Waals surface area contributed by atoms with Crippen LogP contribution < -0.4 is 10.5 Å². The third-order valence-corrected chi connectivity index (χ3v) is 1.73. The van der Waals surface area contributed by atoms with Gasteiger partial charge in [0.05, 0.1) is 0 Å².